The van der Waals surface area contributed by atoms with Gasteiger partial charge in [-0.25, -0.2) is 19.3 Å². The Morgan fingerprint density at radius 2 is 2.09 bits per heavy atom. The minimum absolute atomic E-state index is 0.137. The molecule has 3 aromatic heterocycles. The van der Waals surface area contributed by atoms with Crippen molar-refractivity contribution in [3.05, 3.63) is 52.3 Å². The third-order valence-corrected chi connectivity index (χ3v) is 3.92. The number of aromatic nitrogens is 4. The highest BCUT2D eigenvalue weighted by Gasteiger charge is 2.26. The van der Waals surface area contributed by atoms with E-state index in [0.29, 0.717) is 22.6 Å². The largest absolute Gasteiger partial charge is 0.383 e. The summed E-state index contributed by atoms with van der Waals surface area (Å²) in [5, 5.41) is 9.84. The maximum Gasteiger partial charge on any atom is 0.355 e. The zero-order valence-corrected chi connectivity index (χ0v) is 12.1. The van der Waals surface area contributed by atoms with Gasteiger partial charge in [0.15, 0.2) is 11.3 Å². The molecule has 7 nitrogen and oxygen atoms in total. The van der Waals surface area contributed by atoms with E-state index in [2.05, 4.69) is 15.0 Å². The van der Waals surface area contributed by atoms with Crippen molar-refractivity contribution in [2.45, 2.75) is 18.8 Å². The van der Waals surface area contributed by atoms with Gasteiger partial charge in [-0.2, -0.15) is 10.2 Å². The van der Waals surface area contributed by atoms with Crippen molar-refractivity contribution in [1.29, 1.82) is 5.26 Å². The molecule has 23 heavy (non-hydrogen) atoms. The Morgan fingerprint density at radius 3 is 2.83 bits per heavy atom. The van der Waals surface area contributed by atoms with Crippen LogP contribution in [0.25, 0.3) is 16.7 Å². The number of anilines is 1. The molecule has 0 aliphatic heterocycles. The van der Waals surface area contributed by atoms with Gasteiger partial charge >= 0.3 is 5.69 Å². The molecule has 1 aliphatic carbocycles. The Morgan fingerprint density at radius 1 is 1.26 bits per heavy atom. The second-order valence-corrected chi connectivity index (χ2v) is 5.48. The Bertz CT molecular complexity index is 1030. The minimum Gasteiger partial charge on any atom is -0.383 e. The number of nitrogens with two attached hydrogens (primary N) is 1. The van der Waals surface area contributed by atoms with Crippen LogP contribution in [0.4, 0.5) is 5.82 Å². The first-order valence-electron chi connectivity index (χ1n) is 7.23. The van der Waals surface area contributed by atoms with Crippen LogP contribution in [-0.2, 0) is 0 Å². The fraction of sp³-hybridized carbons (Fsp3) is 0.188. The predicted octanol–water partition coefficient (Wildman–Crippen LogP) is 1.51. The number of nitriles is 1. The molecule has 0 spiro atoms. The lowest BCUT2D eigenvalue weighted by molar-refractivity contribution is 0.917. The van der Waals surface area contributed by atoms with Gasteiger partial charge in [0.2, 0.25) is 0 Å². The first-order chi connectivity index (χ1) is 11.2. The van der Waals surface area contributed by atoms with E-state index >= 15 is 0 Å². The molecule has 4 rings (SSSR count). The lowest BCUT2D eigenvalue weighted by Crippen LogP contribution is -2.25. The van der Waals surface area contributed by atoms with Crippen LogP contribution in [0.5, 0.6) is 0 Å². The van der Waals surface area contributed by atoms with Crippen LogP contribution in [0.2, 0.25) is 0 Å². The number of hydrogen-bond acceptors (Lipinski definition) is 6. The first-order valence-corrected chi connectivity index (χ1v) is 7.23. The number of rotatable bonds is 2. The highest BCUT2D eigenvalue weighted by atomic mass is 16.1. The van der Waals surface area contributed by atoms with Crippen molar-refractivity contribution in [3.63, 3.8) is 0 Å². The Labute approximate surface area is 131 Å². The van der Waals surface area contributed by atoms with Crippen LogP contribution in [0.15, 0.2) is 35.3 Å². The molecule has 112 valence electrons. The van der Waals surface area contributed by atoms with Crippen molar-refractivity contribution in [2.24, 2.45) is 0 Å². The van der Waals surface area contributed by atoms with E-state index in [4.69, 9.17) is 5.73 Å². The zero-order valence-electron chi connectivity index (χ0n) is 12.1. The van der Waals surface area contributed by atoms with Crippen molar-refractivity contribution in [2.75, 3.05) is 5.73 Å². The fourth-order valence-electron chi connectivity index (χ4n) is 2.62. The van der Waals surface area contributed by atoms with Gasteiger partial charge in [0.1, 0.15) is 11.9 Å². The lowest BCUT2D eigenvalue weighted by atomic mass is 10.2. The summed E-state index contributed by atoms with van der Waals surface area (Å²) < 4.78 is 1.31. The topological polar surface area (TPSA) is 110 Å². The van der Waals surface area contributed by atoms with Crippen LogP contribution < -0.4 is 11.4 Å². The van der Waals surface area contributed by atoms with Crippen LogP contribution in [-0.4, -0.2) is 19.5 Å². The molecule has 0 radical (unpaired) electrons. The van der Waals surface area contributed by atoms with Gasteiger partial charge in [-0.15, -0.1) is 0 Å². The second kappa shape index (κ2) is 4.88. The van der Waals surface area contributed by atoms with Gasteiger partial charge in [-0.1, -0.05) is 0 Å². The molecule has 0 atom stereocenters. The maximum atomic E-state index is 12.4. The number of nitrogens with zero attached hydrogens (tertiary/aromatic N) is 5. The third kappa shape index (κ3) is 2.12. The highest BCUT2D eigenvalue weighted by Crippen LogP contribution is 2.39. The first kappa shape index (κ1) is 13.4. The quantitative estimate of drug-likeness (QED) is 0.768. The van der Waals surface area contributed by atoms with E-state index in [1.165, 1.54) is 10.8 Å². The summed E-state index contributed by atoms with van der Waals surface area (Å²) in [5.41, 5.74) is 7.14. The molecule has 0 aromatic carbocycles. The summed E-state index contributed by atoms with van der Waals surface area (Å²) in [5.74, 6) is 0.570. The molecular weight excluding hydrogens is 292 g/mol. The molecule has 0 bridgehead atoms. The number of pyridine rings is 2. The maximum absolute atomic E-state index is 12.4. The van der Waals surface area contributed by atoms with Gasteiger partial charge in [0, 0.05) is 17.8 Å². The van der Waals surface area contributed by atoms with Crippen molar-refractivity contribution < 1.29 is 0 Å². The molecular formula is C16H12N6O. The van der Waals surface area contributed by atoms with Crippen LogP contribution in [0, 0.1) is 11.3 Å². The average molecular weight is 304 g/mol. The van der Waals surface area contributed by atoms with E-state index in [9.17, 15) is 10.1 Å². The van der Waals surface area contributed by atoms with Gasteiger partial charge in [0.25, 0.3) is 0 Å². The molecule has 0 saturated heterocycles. The number of hydrogen-bond donors (Lipinski definition) is 1. The van der Waals surface area contributed by atoms with E-state index in [0.717, 1.165) is 18.5 Å². The summed E-state index contributed by atoms with van der Waals surface area (Å²) in [6.07, 6.45) is 3.70. The molecule has 0 unspecified atom stereocenters. The summed E-state index contributed by atoms with van der Waals surface area (Å²) in [6, 6.07) is 9.05. The zero-order chi connectivity index (χ0) is 16.0. The Balaban J connectivity index is 2.11. The predicted molar refractivity (Wildman–Crippen MR) is 84.0 cm³/mol. The van der Waals surface area contributed by atoms with Crippen LogP contribution in [0.3, 0.4) is 0 Å². The molecule has 1 aliphatic rings. The standard InChI is InChI=1S/C16H12N6O/c17-8-12-13(2-1-7-19-12)22-15-10(14(18)21-16(22)23)5-6-11(20-15)9-3-4-9/h1-2,5-7,9H,3-4H2,(H2,18,21,23). The van der Waals surface area contributed by atoms with E-state index in [1.807, 2.05) is 18.2 Å². The number of fused-ring (bicyclic) bond motifs is 1. The normalized spacial score (nSPS) is 13.9. The van der Waals surface area contributed by atoms with Crippen molar-refractivity contribution >= 4 is 16.9 Å². The second-order valence-electron chi connectivity index (χ2n) is 5.48. The van der Waals surface area contributed by atoms with Gasteiger partial charge < -0.3 is 5.73 Å². The highest BCUT2D eigenvalue weighted by molar-refractivity contribution is 5.86. The van der Waals surface area contributed by atoms with Crippen molar-refractivity contribution in [3.8, 4) is 11.8 Å². The van der Waals surface area contributed by atoms with E-state index in [1.54, 1.807) is 12.1 Å². The Hall–Kier alpha value is -3.27. The molecule has 3 aromatic rings. The van der Waals surface area contributed by atoms with Crippen molar-refractivity contribution in [1.82, 2.24) is 19.5 Å². The monoisotopic (exact) mass is 304 g/mol. The van der Waals surface area contributed by atoms with E-state index in [-0.39, 0.29) is 11.5 Å². The average Bonchev–Trinajstić information content (AvgIpc) is 3.40. The van der Waals surface area contributed by atoms with E-state index < -0.39 is 5.69 Å². The number of nitrogen functional groups attached to an aromatic ring is 1. The van der Waals surface area contributed by atoms with Gasteiger partial charge in [0.05, 0.1) is 11.1 Å². The molecule has 1 fully saturated rings. The molecule has 0 amide bonds. The summed E-state index contributed by atoms with van der Waals surface area (Å²) >= 11 is 0. The smallest absolute Gasteiger partial charge is 0.355 e. The summed E-state index contributed by atoms with van der Waals surface area (Å²) in [7, 11) is 0. The summed E-state index contributed by atoms with van der Waals surface area (Å²) in [4.78, 5) is 24.9. The van der Waals surface area contributed by atoms with Crippen LogP contribution in [0.1, 0.15) is 30.1 Å². The molecule has 2 N–H and O–H groups in total. The SMILES string of the molecule is N#Cc1ncccc1-n1c(=O)nc(N)c2ccc(C3CC3)nc21. The van der Waals surface area contributed by atoms with Crippen LogP contribution >= 0.6 is 0 Å². The minimum atomic E-state index is -0.569. The fourth-order valence-corrected chi connectivity index (χ4v) is 2.62. The van der Waals surface area contributed by atoms with Gasteiger partial charge in [-0.3, -0.25) is 0 Å². The van der Waals surface area contributed by atoms with Gasteiger partial charge in [-0.05, 0) is 37.1 Å². The molecule has 7 heteroatoms. The lowest BCUT2D eigenvalue weighted by Gasteiger charge is -2.11. The molecule has 1 saturated carbocycles. The summed E-state index contributed by atoms with van der Waals surface area (Å²) in [6.45, 7) is 0. The third-order valence-electron chi connectivity index (χ3n) is 3.92. The molecule has 3 heterocycles. The Kier molecular flexibility index (Phi) is 2.84.